The first-order valence-corrected chi connectivity index (χ1v) is 7.02. The molecule has 0 bridgehead atoms. The number of hydrogen-bond donors (Lipinski definition) is 1. The molecule has 1 unspecified atom stereocenters. The van der Waals surface area contributed by atoms with Crippen molar-refractivity contribution in [3.05, 3.63) is 22.2 Å². The molecule has 0 aliphatic rings. The van der Waals surface area contributed by atoms with Crippen LogP contribution in [0.15, 0.2) is 16.6 Å². The molecule has 104 valence electrons. The van der Waals surface area contributed by atoms with Gasteiger partial charge in [-0.2, -0.15) is 0 Å². The summed E-state index contributed by atoms with van der Waals surface area (Å²) >= 11 is 3.49. The fourth-order valence-electron chi connectivity index (χ4n) is 1.84. The summed E-state index contributed by atoms with van der Waals surface area (Å²) in [7, 11) is 3.26. The van der Waals surface area contributed by atoms with Crippen molar-refractivity contribution in [1.82, 2.24) is 5.32 Å². The number of rotatable bonds is 7. The standard InChI is InChI=1S/C15H20BrNO2/c1-5-7-12(6-2)17-10-11-8-13(16)15(19-4)14(9-11)18-3/h1,8-9,12,17H,6-7,10H2,2-4H3. The minimum Gasteiger partial charge on any atom is -0.493 e. The average molecular weight is 326 g/mol. The molecule has 0 amide bonds. The molecule has 1 aromatic rings. The van der Waals surface area contributed by atoms with Crippen molar-refractivity contribution in [1.29, 1.82) is 0 Å². The summed E-state index contributed by atoms with van der Waals surface area (Å²) in [6.07, 6.45) is 7.10. The van der Waals surface area contributed by atoms with Crippen LogP contribution in [0.1, 0.15) is 25.3 Å². The number of nitrogens with one attached hydrogen (secondary N) is 1. The normalized spacial score (nSPS) is 11.7. The van der Waals surface area contributed by atoms with Gasteiger partial charge in [-0.1, -0.05) is 6.92 Å². The van der Waals surface area contributed by atoms with Gasteiger partial charge in [0.05, 0.1) is 18.7 Å². The lowest BCUT2D eigenvalue weighted by Crippen LogP contribution is -2.27. The van der Waals surface area contributed by atoms with E-state index >= 15 is 0 Å². The van der Waals surface area contributed by atoms with E-state index in [2.05, 4.69) is 34.1 Å². The molecule has 19 heavy (non-hydrogen) atoms. The molecule has 0 aromatic heterocycles. The lowest BCUT2D eigenvalue weighted by atomic mass is 10.1. The van der Waals surface area contributed by atoms with Gasteiger partial charge in [0.2, 0.25) is 0 Å². The molecule has 1 N–H and O–H groups in total. The Kier molecular flexibility index (Phi) is 6.75. The van der Waals surface area contributed by atoms with Gasteiger partial charge in [0, 0.05) is 19.0 Å². The Morgan fingerprint density at radius 1 is 1.37 bits per heavy atom. The summed E-state index contributed by atoms with van der Waals surface area (Å²) < 4.78 is 11.5. The summed E-state index contributed by atoms with van der Waals surface area (Å²) in [5, 5.41) is 3.44. The SMILES string of the molecule is C#CCC(CC)NCc1cc(Br)c(OC)c(OC)c1. The Balaban J connectivity index is 2.79. The van der Waals surface area contributed by atoms with Crippen molar-refractivity contribution in [2.75, 3.05) is 14.2 Å². The number of halogens is 1. The molecule has 0 aliphatic heterocycles. The minimum atomic E-state index is 0.344. The fourth-order valence-corrected chi connectivity index (χ4v) is 2.49. The Hall–Kier alpha value is -1.18. The molecule has 1 atom stereocenters. The zero-order chi connectivity index (χ0) is 14.3. The Bertz CT molecular complexity index is 454. The van der Waals surface area contributed by atoms with Gasteiger partial charge in [-0.25, -0.2) is 0 Å². The van der Waals surface area contributed by atoms with Crippen molar-refractivity contribution in [3.63, 3.8) is 0 Å². The molecule has 0 saturated carbocycles. The van der Waals surface area contributed by atoms with Crippen LogP contribution in [0.3, 0.4) is 0 Å². The van der Waals surface area contributed by atoms with Crippen LogP contribution in [0, 0.1) is 12.3 Å². The highest BCUT2D eigenvalue weighted by atomic mass is 79.9. The Morgan fingerprint density at radius 3 is 2.63 bits per heavy atom. The molecule has 0 radical (unpaired) electrons. The summed E-state index contributed by atoms with van der Waals surface area (Å²) in [5.74, 6) is 4.12. The van der Waals surface area contributed by atoms with Crippen LogP contribution < -0.4 is 14.8 Å². The minimum absolute atomic E-state index is 0.344. The lowest BCUT2D eigenvalue weighted by molar-refractivity contribution is 0.352. The van der Waals surface area contributed by atoms with Gasteiger partial charge in [0.15, 0.2) is 11.5 Å². The van der Waals surface area contributed by atoms with Gasteiger partial charge in [-0.15, -0.1) is 12.3 Å². The van der Waals surface area contributed by atoms with Crippen LogP contribution in [0.25, 0.3) is 0 Å². The largest absolute Gasteiger partial charge is 0.493 e. The molecule has 4 heteroatoms. The first kappa shape index (κ1) is 15.9. The third-order valence-electron chi connectivity index (χ3n) is 2.95. The van der Waals surface area contributed by atoms with E-state index in [-0.39, 0.29) is 0 Å². The second kappa shape index (κ2) is 8.08. The van der Waals surface area contributed by atoms with E-state index in [9.17, 15) is 0 Å². The second-order valence-electron chi connectivity index (χ2n) is 4.21. The zero-order valence-electron chi connectivity index (χ0n) is 11.6. The van der Waals surface area contributed by atoms with Crippen LogP contribution in [0.5, 0.6) is 11.5 Å². The van der Waals surface area contributed by atoms with Gasteiger partial charge < -0.3 is 14.8 Å². The average Bonchev–Trinajstić information content (AvgIpc) is 2.42. The third kappa shape index (κ3) is 4.45. The Labute approximate surface area is 123 Å². The molecular formula is C15H20BrNO2. The highest BCUT2D eigenvalue weighted by Gasteiger charge is 2.11. The quantitative estimate of drug-likeness (QED) is 0.780. The molecule has 3 nitrogen and oxygen atoms in total. The van der Waals surface area contributed by atoms with E-state index in [4.69, 9.17) is 15.9 Å². The Morgan fingerprint density at radius 2 is 2.11 bits per heavy atom. The molecule has 0 heterocycles. The van der Waals surface area contributed by atoms with Gasteiger partial charge in [0.25, 0.3) is 0 Å². The van der Waals surface area contributed by atoms with E-state index in [1.54, 1.807) is 14.2 Å². The van der Waals surface area contributed by atoms with Crippen molar-refractivity contribution >= 4 is 15.9 Å². The molecule has 1 aromatic carbocycles. The van der Waals surface area contributed by atoms with Crippen LogP contribution in [-0.2, 0) is 6.54 Å². The molecule has 1 rings (SSSR count). The van der Waals surface area contributed by atoms with Crippen LogP contribution >= 0.6 is 15.9 Å². The van der Waals surface area contributed by atoms with Crippen LogP contribution in [0.4, 0.5) is 0 Å². The summed E-state index contributed by atoms with van der Waals surface area (Å²) in [6, 6.07) is 4.34. The molecule has 0 aliphatic carbocycles. The number of hydrogen-bond acceptors (Lipinski definition) is 3. The van der Waals surface area contributed by atoms with E-state index in [1.165, 1.54) is 0 Å². The lowest BCUT2D eigenvalue weighted by Gasteiger charge is -2.16. The van der Waals surface area contributed by atoms with E-state index in [1.807, 2.05) is 12.1 Å². The maximum absolute atomic E-state index is 5.35. The van der Waals surface area contributed by atoms with Gasteiger partial charge in [-0.3, -0.25) is 0 Å². The first-order valence-electron chi connectivity index (χ1n) is 6.23. The fraction of sp³-hybridized carbons (Fsp3) is 0.467. The van der Waals surface area contributed by atoms with E-state index < -0.39 is 0 Å². The summed E-state index contributed by atoms with van der Waals surface area (Å²) in [6.45, 7) is 2.87. The maximum atomic E-state index is 5.35. The van der Waals surface area contributed by atoms with E-state index in [0.29, 0.717) is 11.8 Å². The van der Waals surface area contributed by atoms with Gasteiger partial charge in [0.1, 0.15) is 0 Å². The predicted molar refractivity (Wildman–Crippen MR) is 81.6 cm³/mol. The number of benzene rings is 1. The van der Waals surface area contributed by atoms with Gasteiger partial charge >= 0.3 is 0 Å². The first-order chi connectivity index (χ1) is 9.15. The predicted octanol–water partition coefficient (Wildman–Crippen LogP) is 3.36. The van der Waals surface area contributed by atoms with Crippen molar-refractivity contribution in [2.24, 2.45) is 0 Å². The molecule has 0 fully saturated rings. The highest BCUT2D eigenvalue weighted by Crippen LogP contribution is 2.36. The monoisotopic (exact) mass is 325 g/mol. The molecule has 0 saturated heterocycles. The second-order valence-corrected chi connectivity index (χ2v) is 5.06. The smallest absolute Gasteiger partial charge is 0.174 e. The topological polar surface area (TPSA) is 30.5 Å². The molecule has 0 spiro atoms. The van der Waals surface area contributed by atoms with E-state index in [0.717, 1.165) is 35.2 Å². The van der Waals surface area contributed by atoms with Crippen molar-refractivity contribution in [3.8, 4) is 23.8 Å². The van der Waals surface area contributed by atoms with Crippen LogP contribution in [0.2, 0.25) is 0 Å². The van der Waals surface area contributed by atoms with Gasteiger partial charge in [-0.05, 0) is 40.0 Å². The van der Waals surface area contributed by atoms with Crippen molar-refractivity contribution in [2.45, 2.75) is 32.4 Å². The number of methoxy groups -OCH3 is 2. The molecular weight excluding hydrogens is 306 g/mol. The zero-order valence-corrected chi connectivity index (χ0v) is 13.2. The summed E-state index contributed by atoms with van der Waals surface area (Å²) in [4.78, 5) is 0. The van der Waals surface area contributed by atoms with Crippen molar-refractivity contribution < 1.29 is 9.47 Å². The number of terminal acetylenes is 1. The highest BCUT2D eigenvalue weighted by molar-refractivity contribution is 9.10. The van der Waals surface area contributed by atoms with Crippen LogP contribution in [-0.4, -0.2) is 20.3 Å². The maximum Gasteiger partial charge on any atom is 0.174 e. The third-order valence-corrected chi connectivity index (χ3v) is 3.53. The number of ether oxygens (including phenoxy) is 2. The summed E-state index contributed by atoms with van der Waals surface area (Å²) in [5.41, 5.74) is 1.12.